The molecule has 0 aliphatic carbocycles. The average molecular weight is 861 g/mol. The van der Waals surface area contributed by atoms with E-state index in [1.54, 1.807) is 0 Å². The number of nitrogen functional groups attached to an aromatic ring is 2. The first kappa shape index (κ1) is 44.2. The Morgan fingerprint density at radius 2 is 1.57 bits per heavy atom. The minimum atomic E-state index is -4.99. The number of hydrogen-bond donors (Lipinski definition) is 6. The van der Waals surface area contributed by atoms with E-state index in [1.165, 1.54) is 26.2 Å². The Labute approximate surface area is 312 Å². The number of aryl methyl sites for hydroxylation is 1. The molecule has 3 aromatic rings. The summed E-state index contributed by atoms with van der Waals surface area (Å²) in [6, 6.07) is 6.43. The zero-order valence-electron chi connectivity index (χ0n) is 27.3. The van der Waals surface area contributed by atoms with Crippen molar-refractivity contribution in [2.45, 2.75) is 21.6 Å². The summed E-state index contributed by atoms with van der Waals surface area (Å²) in [5.74, 6) is -2.85. The van der Waals surface area contributed by atoms with Crippen LogP contribution in [0, 0.1) is 6.92 Å². The molecule has 0 saturated heterocycles. The summed E-state index contributed by atoms with van der Waals surface area (Å²) in [5, 5.41) is 36.7. The van der Waals surface area contributed by atoms with Gasteiger partial charge in [0.05, 0.1) is 65.7 Å². The number of nitrogens with zero attached hydrogens (tertiary/aromatic N) is 4. The molecule has 0 radical (unpaired) electrons. The van der Waals surface area contributed by atoms with Gasteiger partial charge < -0.3 is 21.3 Å². The quantitative estimate of drug-likeness (QED) is 0.0180. The number of nitrogens with two attached hydrogens (primary N) is 2. The number of ether oxygens (including phenoxy) is 1. The maximum atomic E-state index is 12.8. The smallest absolute Gasteiger partial charge is 0.397 e. The molecule has 0 aromatic heterocycles. The monoisotopic (exact) mass is 860 g/mol. The number of carbonyl (C=O) groups is 1. The van der Waals surface area contributed by atoms with E-state index >= 15 is 0 Å². The van der Waals surface area contributed by atoms with Gasteiger partial charge in [0.2, 0.25) is 0 Å². The standard InChI is InChI=1S/C25H28N6O18S5/c1-13-9-18(19(44-2)12-20(13)52(36,37)8-6-46-54(41,42)43)29-31-24-16(26)11-15(25(32)33)23(22(24)27)30-28-17-4-3-14(10-21(17)53(38,39)40)50-48-45-5-7-51(35)49-47-34/h3-4,9-12,34H,5-8,26-27H2,1-2H3,(H,32,33)(H,38,39,40)(H,41,42,43). The van der Waals surface area contributed by atoms with Crippen LogP contribution in [0.5, 0.6) is 5.75 Å². The molecule has 0 heterocycles. The Kier molecular flexibility index (Phi) is 15.4. The maximum absolute atomic E-state index is 12.8. The van der Waals surface area contributed by atoms with Gasteiger partial charge in [-0.2, -0.15) is 21.2 Å². The molecule has 0 aliphatic rings. The zero-order valence-corrected chi connectivity index (χ0v) is 31.4. The number of carboxylic acid groups (broad SMARTS) is 1. The molecule has 29 heteroatoms. The van der Waals surface area contributed by atoms with Crippen LogP contribution in [0.15, 0.2) is 71.5 Å². The van der Waals surface area contributed by atoms with Gasteiger partial charge in [0.1, 0.15) is 33.4 Å². The summed E-state index contributed by atoms with van der Waals surface area (Å²) in [6.07, 6.45) is 0. The van der Waals surface area contributed by atoms with Crippen molar-refractivity contribution in [1.82, 2.24) is 0 Å². The van der Waals surface area contributed by atoms with Gasteiger partial charge in [-0.1, -0.05) is 5.04 Å². The van der Waals surface area contributed by atoms with Gasteiger partial charge in [0.15, 0.2) is 20.9 Å². The van der Waals surface area contributed by atoms with E-state index < -0.39 is 87.3 Å². The molecule has 296 valence electrons. The third kappa shape index (κ3) is 12.4. The van der Waals surface area contributed by atoms with Gasteiger partial charge in [-0.25, -0.2) is 31.7 Å². The van der Waals surface area contributed by atoms with Gasteiger partial charge in [-0.05, 0) is 42.8 Å². The SMILES string of the molecule is COc1cc(S(=O)(=O)CCOS(=O)(=O)O)c(C)cc1N=Nc1c(N)cc(C(=O)O)c(N=Nc2ccc(SOOCCS(=O)OOO)cc2S(=O)(=O)O)c1N. The number of carboxylic acids is 1. The van der Waals surface area contributed by atoms with Crippen LogP contribution >= 0.6 is 12.0 Å². The number of rotatable bonds is 20. The van der Waals surface area contributed by atoms with E-state index in [0.29, 0.717) is 12.0 Å². The fourth-order valence-corrected chi connectivity index (χ4v) is 7.29. The van der Waals surface area contributed by atoms with Crippen LogP contribution in [-0.4, -0.2) is 86.7 Å². The second-order valence-corrected chi connectivity index (χ2v) is 16.4. The molecule has 1 atom stereocenters. The number of aromatic carboxylic acids is 1. The Morgan fingerprint density at radius 1 is 0.907 bits per heavy atom. The highest BCUT2D eigenvalue weighted by Crippen LogP contribution is 2.43. The molecule has 0 fully saturated rings. The molecule has 1 unspecified atom stereocenters. The third-order valence-electron chi connectivity index (χ3n) is 6.31. The van der Waals surface area contributed by atoms with Crippen molar-refractivity contribution < 1.29 is 81.2 Å². The van der Waals surface area contributed by atoms with Crippen LogP contribution in [0.3, 0.4) is 0 Å². The fourth-order valence-electron chi connectivity index (χ4n) is 3.99. The van der Waals surface area contributed by atoms with Crippen molar-refractivity contribution in [3.05, 3.63) is 47.5 Å². The van der Waals surface area contributed by atoms with Gasteiger partial charge in [0, 0.05) is 11.0 Å². The number of benzene rings is 3. The maximum Gasteiger partial charge on any atom is 0.397 e. The molecular weight excluding hydrogens is 833 g/mol. The van der Waals surface area contributed by atoms with Crippen LogP contribution in [0.4, 0.5) is 34.1 Å². The van der Waals surface area contributed by atoms with Crippen molar-refractivity contribution in [2.75, 3.05) is 43.3 Å². The van der Waals surface area contributed by atoms with Crippen LogP contribution in [0.25, 0.3) is 0 Å². The Morgan fingerprint density at radius 3 is 2.19 bits per heavy atom. The molecule has 3 rings (SSSR count). The normalized spacial score (nSPS) is 13.1. The van der Waals surface area contributed by atoms with Gasteiger partial charge in [0.25, 0.3) is 10.1 Å². The second-order valence-electron chi connectivity index (χ2n) is 9.92. The molecule has 0 saturated carbocycles. The van der Waals surface area contributed by atoms with Gasteiger partial charge in [-0.3, -0.25) is 9.11 Å². The van der Waals surface area contributed by atoms with Crippen LogP contribution in [0.2, 0.25) is 0 Å². The van der Waals surface area contributed by atoms with E-state index in [4.69, 9.17) is 35.2 Å². The lowest BCUT2D eigenvalue weighted by molar-refractivity contribution is -0.435. The largest absolute Gasteiger partial charge is 0.494 e. The lowest BCUT2D eigenvalue weighted by atomic mass is 10.1. The number of anilines is 2. The molecule has 8 N–H and O–H groups in total. The summed E-state index contributed by atoms with van der Waals surface area (Å²) in [7, 11) is -12.9. The lowest BCUT2D eigenvalue weighted by Crippen LogP contribution is -2.16. The molecule has 0 spiro atoms. The van der Waals surface area contributed by atoms with Crippen molar-refractivity contribution in [1.29, 1.82) is 0 Å². The highest BCUT2D eigenvalue weighted by molar-refractivity contribution is 7.94. The second kappa shape index (κ2) is 18.9. The Balaban J connectivity index is 1.97. The van der Waals surface area contributed by atoms with E-state index in [9.17, 15) is 43.9 Å². The van der Waals surface area contributed by atoms with Crippen molar-refractivity contribution >= 4 is 93.6 Å². The van der Waals surface area contributed by atoms with E-state index in [2.05, 4.69) is 34.0 Å². The minimum absolute atomic E-state index is 0.0426. The first-order chi connectivity index (χ1) is 25.2. The number of azo groups is 2. The summed E-state index contributed by atoms with van der Waals surface area (Å²) in [5.41, 5.74) is 9.42. The van der Waals surface area contributed by atoms with Crippen molar-refractivity contribution in [3.63, 3.8) is 0 Å². The van der Waals surface area contributed by atoms with Crippen LogP contribution < -0.4 is 16.2 Å². The molecule has 3 aromatic carbocycles. The Bertz CT molecular complexity index is 2300. The van der Waals surface area contributed by atoms with Gasteiger partial charge in [-0.15, -0.1) is 24.8 Å². The summed E-state index contributed by atoms with van der Waals surface area (Å²) in [6.45, 7) is 0.179. The topological polar surface area (TPSA) is 374 Å². The zero-order chi connectivity index (χ0) is 40.4. The molecule has 0 bridgehead atoms. The first-order valence-electron chi connectivity index (χ1n) is 13.9. The average Bonchev–Trinajstić information content (AvgIpc) is 3.06. The highest BCUT2D eigenvalue weighted by Gasteiger charge is 2.24. The van der Waals surface area contributed by atoms with Crippen LogP contribution in [0.1, 0.15) is 15.9 Å². The number of sulfone groups is 1. The summed E-state index contributed by atoms with van der Waals surface area (Å²) < 4.78 is 119. The van der Waals surface area contributed by atoms with E-state index in [0.717, 1.165) is 24.3 Å². The predicted octanol–water partition coefficient (Wildman–Crippen LogP) is 3.58. The minimum Gasteiger partial charge on any atom is -0.494 e. The number of methoxy groups -OCH3 is 1. The van der Waals surface area contributed by atoms with Gasteiger partial charge >= 0.3 is 16.4 Å². The molecule has 54 heavy (non-hydrogen) atoms. The van der Waals surface area contributed by atoms with Crippen molar-refractivity contribution in [2.24, 2.45) is 20.5 Å². The molecular formula is C25H28N6O18S5. The van der Waals surface area contributed by atoms with E-state index in [-0.39, 0.29) is 50.5 Å². The lowest BCUT2D eigenvalue weighted by Gasteiger charge is -2.12. The molecule has 0 amide bonds. The summed E-state index contributed by atoms with van der Waals surface area (Å²) in [4.78, 5) is 15.8. The molecule has 0 aliphatic heterocycles. The summed E-state index contributed by atoms with van der Waals surface area (Å²) >= 11 is -1.60. The fraction of sp³-hybridized carbons (Fsp3) is 0.240. The number of hydrogen-bond acceptors (Lipinski definition) is 22. The van der Waals surface area contributed by atoms with Crippen molar-refractivity contribution in [3.8, 4) is 5.75 Å². The molecule has 24 nitrogen and oxygen atoms in total. The van der Waals surface area contributed by atoms with Crippen LogP contribution in [-0.2, 0) is 64.2 Å². The highest BCUT2D eigenvalue weighted by atomic mass is 32.3. The third-order valence-corrected chi connectivity index (χ3v) is 10.8. The first-order valence-corrected chi connectivity index (χ1v) is 20.4. The van der Waals surface area contributed by atoms with E-state index in [1.807, 2.05) is 0 Å². The Hall–Kier alpha value is -4.24. The predicted molar refractivity (Wildman–Crippen MR) is 185 cm³/mol.